The van der Waals surface area contributed by atoms with Gasteiger partial charge in [0, 0.05) is 0 Å². The minimum Gasteiger partial charge on any atom is -0.483 e. The summed E-state index contributed by atoms with van der Waals surface area (Å²) in [5.41, 5.74) is 3.70. The standard InChI is InChI=1S/C18H20F2N2O4S/c1-11(2)13-8-7-12(3)9-16(13)26-10-17(23)21-22-27(24,25)18-14(19)5-4-6-15(18)20/h4-9,11,22H,10H2,1-3H3,(H,21,23). The summed E-state index contributed by atoms with van der Waals surface area (Å²) in [7, 11) is -4.62. The van der Waals surface area contributed by atoms with Gasteiger partial charge in [0.05, 0.1) is 0 Å². The lowest BCUT2D eigenvalue weighted by Gasteiger charge is -2.15. The largest absolute Gasteiger partial charge is 0.483 e. The van der Waals surface area contributed by atoms with E-state index in [9.17, 15) is 22.0 Å². The minimum atomic E-state index is -4.62. The van der Waals surface area contributed by atoms with Crippen molar-refractivity contribution in [1.82, 2.24) is 10.3 Å². The molecule has 0 bridgehead atoms. The molecule has 0 saturated carbocycles. The third-order valence-electron chi connectivity index (χ3n) is 3.66. The Labute approximate surface area is 156 Å². The van der Waals surface area contributed by atoms with Crippen molar-refractivity contribution in [2.24, 2.45) is 0 Å². The number of hydrazine groups is 1. The van der Waals surface area contributed by atoms with Crippen molar-refractivity contribution >= 4 is 15.9 Å². The molecule has 0 aliphatic carbocycles. The van der Waals surface area contributed by atoms with Crippen LogP contribution >= 0.6 is 0 Å². The van der Waals surface area contributed by atoms with E-state index in [-0.39, 0.29) is 5.92 Å². The number of carbonyl (C=O) groups excluding carboxylic acids is 1. The van der Waals surface area contributed by atoms with Crippen LogP contribution in [0.25, 0.3) is 0 Å². The van der Waals surface area contributed by atoms with E-state index in [2.05, 4.69) is 0 Å². The molecule has 2 rings (SSSR count). The van der Waals surface area contributed by atoms with Crippen molar-refractivity contribution in [1.29, 1.82) is 0 Å². The molecule has 2 aromatic rings. The molecule has 0 aliphatic heterocycles. The summed E-state index contributed by atoms with van der Waals surface area (Å²) in [6.07, 6.45) is 0. The summed E-state index contributed by atoms with van der Waals surface area (Å²) >= 11 is 0. The van der Waals surface area contributed by atoms with Crippen LogP contribution in [0.15, 0.2) is 41.3 Å². The van der Waals surface area contributed by atoms with Gasteiger partial charge in [0.25, 0.3) is 15.9 Å². The molecule has 0 atom stereocenters. The maximum absolute atomic E-state index is 13.6. The van der Waals surface area contributed by atoms with Gasteiger partial charge in [0.15, 0.2) is 11.5 Å². The maximum atomic E-state index is 13.6. The van der Waals surface area contributed by atoms with E-state index in [1.165, 1.54) is 0 Å². The average molecular weight is 398 g/mol. The number of halogens is 2. The Morgan fingerprint density at radius 1 is 1.15 bits per heavy atom. The number of nitrogens with one attached hydrogen (secondary N) is 2. The highest BCUT2D eigenvalue weighted by atomic mass is 32.2. The molecule has 0 aliphatic rings. The Balaban J connectivity index is 2.02. The van der Waals surface area contributed by atoms with Gasteiger partial charge in [-0.25, -0.2) is 17.2 Å². The molecule has 0 fully saturated rings. The Morgan fingerprint density at radius 2 is 1.78 bits per heavy atom. The van der Waals surface area contributed by atoms with Gasteiger partial charge in [-0.1, -0.05) is 32.0 Å². The molecular formula is C18H20F2N2O4S. The van der Waals surface area contributed by atoms with Crippen LogP contribution in [0.5, 0.6) is 5.75 Å². The normalized spacial score (nSPS) is 11.5. The van der Waals surface area contributed by atoms with Crippen LogP contribution < -0.4 is 15.0 Å². The van der Waals surface area contributed by atoms with E-state index in [1.807, 2.05) is 38.3 Å². The third kappa shape index (κ3) is 5.24. The fourth-order valence-electron chi connectivity index (χ4n) is 2.34. The van der Waals surface area contributed by atoms with Crippen LogP contribution in [0, 0.1) is 18.6 Å². The second-order valence-electron chi connectivity index (χ2n) is 6.19. The van der Waals surface area contributed by atoms with Crippen molar-refractivity contribution in [2.75, 3.05) is 6.61 Å². The van der Waals surface area contributed by atoms with Crippen molar-refractivity contribution < 1.29 is 26.7 Å². The summed E-state index contributed by atoms with van der Waals surface area (Å²) in [5.74, 6) is -2.70. The predicted octanol–water partition coefficient (Wildman–Crippen LogP) is 2.79. The zero-order valence-electron chi connectivity index (χ0n) is 15.0. The Morgan fingerprint density at radius 3 is 2.37 bits per heavy atom. The van der Waals surface area contributed by atoms with Crippen molar-refractivity contribution in [3.63, 3.8) is 0 Å². The smallest absolute Gasteiger partial charge is 0.272 e. The van der Waals surface area contributed by atoms with Gasteiger partial charge in [-0.3, -0.25) is 10.2 Å². The fourth-order valence-corrected chi connectivity index (χ4v) is 3.34. The number of hydrogen-bond acceptors (Lipinski definition) is 4. The van der Waals surface area contributed by atoms with E-state index in [0.717, 1.165) is 29.3 Å². The number of ether oxygens (including phenoxy) is 1. The number of aryl methyl sites for hydroxylation is 1. The molecule has 9 heteroatoms. The molecule has 0 spiro atoms. The molecule has 0 aromatic heterocycles. The zero-order valence-corrected chi connectivity index (χ0v) is 15.9. The summed E-state index contributed by atoms with van der Waals surface area (Å²) in [5, 5.41) is 0. The molecular weight excluding hydrogens is 378 g/mol. The van der Waals surface area contributed by atoms with Crippen LogP contribution in [-0.4, -0.2) is 20.9 Å². The number of sulfonamides is 1. The number of hydrogen-bond donors (Lipinski definition) is 2. The van der Waals surface area contributed by atoms with Crippen LogP contribution in [0.2, 0.25) is 0 Å². The van der Waals surface area contributed by atoms with Crippen molar-refractivity contribution in [3.8, 4) is 5.75 Å². The Kier molecular flexibility index (Phi) is 6.50. The fraction of sp³-hybridized carbons (Fsp3) is 0.278. The first kappa shape index (κ1) is 20.8. The number of rotatable bonds is 7. The highest BCUT2D eigenvalue weighted by Gasteiger charge is 2.24. The van der Waals surface area contributed by atoms with E-state index < -0.39 is 39.1 Å². The van der Waals surface area contributed by atoms with Crippen LogP contribution in [-0.2, 0) is 14.8 Å². The van der Waals surface area contributed by atoms with E-state index in [1.54, 1.807) is 10.9 Å². The predicted molar refractivity (Wildman–Crippen MR) is 95.6 cm³/mol. The lowest BCUT2D eigenvalue weighted by Crippen LogP contribution is -2.44. The van der Waals surface area contributed by atoms with Gasteiger partial charge in [-0.05, 0) is 42.2 Å². The van der Waals surface area contributed by atoms with Gasteiger partial charge in [-0.2, -0.15) is 0 Å². The summed E-state index contributed by atoms with van der Waals surface area (Å²) in [6.45, 7) is 5.32. The molecule has 0 saturated heterocycles. The minimum absolute atomic E-state index is 0.159. The van der Waals surface area contributed by atoms with Gasteiger partial charge in [0.2, 0.25) is 0 Å². The van der Waals surface area contributed by atoms with Crippen molar-refractivity contribution in [2.45, 2.75) is 31.6 Å². The molecule has 146 valence electrons. The van der Waals surface area contributed by atoms with Gasteiger partial charge >= 0.3 is 0 Å². The zero-order chi connectivity index (χ0) is 20.2. The lowest BCUT2D eigenvalue weighted by atomic mass is 10.0. The summed E-state index contributed by atoms with van der Waals surface area (Å²) in [6, 6.07) is 8.20. The first-order valence-electron chi connectivity index (χ1n) is 8.10. The average Bonchev–Trinajstić information content (AvgIpc) is 2.57. The Bertz CT molecular complexity index is 926. The van der Waals surface area contributed by atoms with Gasteiger partial charge in [-0.15, -0.1) is 4.83 Å². The second kappa shape index (κ2) is 8.45. The lowest BCUT2D eigenvalue weighted by molar-refractivity contribution is -0.123. The molecule has 6 nitrogen and oxygen atoms in total. The Hall–Kier alpha value is -2.52. The molecule has 27 heavy (non-hydrogen) atoms. The third-order valence-corrected chi connectivity index (χ3v) is 4.96. The van der Waals surface area contributed by atoms with Crippen LogP contribution in [0.1, 0.15) is 30.9 Å². The first-order chi connectivity index (χ1) is 12.6. The quantitative estimate of drug-likeness (QED) is 0.703. The molecule has 0 heterocycles. The first-order valence-corrected chi connectivity index (χ1v) is 9.58. The van der Waals surface area contributed by atoms with Gasteiger partial charge in [0.1, 0.15) is 17.4 Å². The topological polar surface area (TPSA) is 84.5 Å². The summed E-state index contributed by atoms with van der Waals surface area (Å²) in [4.78, 5) is 12.4. The number of amides is 1. The molecule has 0 radical (unpaired) electrons. The molecule has 2 N–H and O–H groups in total. The van der Waals surface area contributed by atoms with Crippen LogP contribution in [0.3, 0.4) is 0 Å². The SMILES string of the molecule is Cc1ccc(C(C)C)c(OCC(=O)NNS(=O)(=O)c2c(F)cccc2F)c1. The second-order valence-corrected chi connectivity index (χ2v) is 7.81. The molecule has 0 unspecified atom stereocenters. The monoisotopic (exact) mass is 398 g/mol. The number of benzene rings is 2. The number of carbonyl (C=O) groups is 1. The summed E-state index contributed by atoms with van der Waals surface area (Å²) < 4.78 is 56.7. The highest BCUT2D eigenvalue weighted by molar-refractivity contribution is 7.89. The molecule has 2 aromatic carbocycles. The van der Waals surface area contributed by atoms with E-state index in [4.69, 9.17) is 4.74 Å². The van der Waals surface area contributed by atoms with E-state index >= 15 is 0 Å². The molecule has 1 amide bonds. The van der Waals surface area contributed by atoms with Crippen LogP contribution in [0.4, 0.5) is 8.78 Å². The van der Waals surface area contributed by atoms with Gasteiger partial charge < -0.3 is 4.74 Å². The maximum Gasteiger partial charge on any atom is 0.272 e. The van der Waals surface area contributed by atoms with Crippen molar-refractivity contribution in [3.05, 3.63) is 59.2 Å². The highest BCUT2D eigenvalue weighted by Crippen LogP contribution is 2.27. The van der Waals surface area contributed by atoms with E-state index in [0.29, 0.717) is 5.75 Å².